The number of rotatable bonds is 8. The summed E-state index contributed by atoms with van der Waals surface area (Å²) in [5.74, 6) is -0.793. The summed E-state index contributed by atoms with van der Waals surface area (Å²) in [6.45, 7) is 3.28. The van der Waals surface area contributed by atoms with Gasteiger partial charge >= 0.3 is 12.1 Å². The molecule has 2 fully saturated rings. The third-order valence-corrected chi connectivity index (χ3v) is 7.63. The van der Waals surface area contributed by atoms with E-state index in [1.54, 1.807) is 4.90 Å². The van der Waals surface area contributed by atoms with Crippen LogP contribution in [0.5, 0.6) is 0 Å². The first-order valence-electron chi connectivity index (χ1n) is 13.3. The maximum Gasteiger partial charge on any atom is 0.435 e. The highest BCUT2D eigenvalue weighted by atomic mass is 32.1. The summed E-state index contributed by atoms with van der Waals surface area (Å²) in [6.07, 6.45) is -0.954. The molecule has 16 heteroatoms. The van der Waals surface area contributed by atoms with E-state index in [2.05, 4.69) is 22.9 Å². The number of nitrogens with zero attached hydrogens (tertiary/aromatic N) is 5. The first kappa shape index (κ1) is 31.4. The first-order valence-corrected chi connectivity index (χ1v) is 13.8. The minimum atomic E-state index is -1.42. The van der Waals surface area contributed by atoms with Crippen molar-refractivity contribution in [3.63, 3.8) is 0 Å². The van der Waals surface area contributed by atoms with Gasteiger partial charge in [-0.2, -0.15) is 17.6 Å². The van der Waals surface area contributed by atoms with Gasteiger partial charge < -0.3 is 24.6 Å². The second-order valence-corrected chi connectivity index (χ2v) is 10.9. The molecule has 0 bridgehead atoms. The fourth-order valence-electron chi connectivity index (χ4n) is 4.78. The first-order chi connectivity index (χ1) is 20.5. The Morgan fingerprint density at radius 2 is 1.47 bits per heavy atom. The van der Waals surface area contributed by atoms with Crippen LogP contribution in [-0.4, -0.2) is 87.0 Å². The highest BCUT2D eigenvalue weighted by Gasteiger charge is 2.52. The van der Waals surface area contributed by atoms with Gasteiger partial charge in [0.1, 0.15) is 29.8 Å². The summed E-state index contributed by atoms with van der Waals surface area (Å²) in [4.78, 5) is 67.2. The molecular formula is C27H30N6O9S. The van der Waals surface area contributed by atoms with E-state index in [0.717, 1.165) is 0 Å². The molecule has 0 unspecified atom stereocenters. The Kier molecular flexibility index (Phi) is 9.92. The van der Waals surface area contributed by atoms with Crippen molar-refractivity contribution in [2.75, 3.05) is 32.7 Å². The number of non-ortho nitro benzene ring substituents is 2. The van der Waals surface area contributed by atoms with Gasteiger partial charge in [0.2, 0.25) is 5.91 Å². The van der Waals surface area contributed by atoms with Crippen LogP contribution in [-0.2, 0) is 32.3 Å². The molecular weight excluding hydrogens is 584 g/mol. The van der Waals surface area contributed by atoms with Crippen LogP contribution in [0.3, 0.4) is 0 Å². The van der Waals surface area contributed by atoms with Crippen LogP contribution in [0.1, 0.15) is 24.5 Å². The van der Waals surface area contributed by atoms with Crippen molar-refractivity contribution in [1.82, 2.24) is 15.1 Å². The number of esters is 1. The van der Waals surface area contributed by atoms with E-state index in [0.29, 0.717) is 37.3 Å². The molecule has 2 amide bonds. The molecule has 43 heavy (non-hydrogen) atoms. The SMILES string of the molecule is CC(=NC(=O)OCc1ccc([N+](=O)[O-])cc1)N1C[C@](S)(C(=O)OCc2ccc([N+](=O)[O-])cc2)C[C@H]1C(=O)N1CCNCC1. The lowest BCUT2D eigenvalue weighted by atomic mass is 10.0. The lowest BCUT2D eigenvalue weighted by Crippen LogP contribution is -2.53. The van der Waals surface area contributed by atoms with Gasteiger partial charge in [0.25, 0.3) is 11.4 Å². The largest absolute Gasteiger partial charge is 0.460 e. The maximum atomic E-state index is 13.6. The minimum absolute atomic E-state index is 0.0112. The Labute approximate surface area is 251 Å². The van der Waals surface area contributed by atoms with Crippen LogP contribution in [0, 0.1) is 20.2 Å². The van der Waals surface area contributed by atoms with Crippen LogP contribution < -0.4 is 5.32 Å². The standard InChI is InChI=1S/C27H30N6O9S/c1-18(29-26(36)42-16-20-4-8-22(9-5-20)33(39)40)31-17-27(43,14-23(31)24(34)30-12-10-28-11-13-30)25(35)41-15-19-2-6-21(7-3-19)32(37)38/h2-9,23,28,43H,10-17H2,1H3/t23-,27-/m0/s1. The van der Waals surface area contributed by atoms with E-state index in [4.69, 9.17) is 9.47 Å². The number of nitro groups is 2. The van der Waals surface area contributed by atoms with E-state index in [1.165, 1.54) is 60.4 Å². The molecule has 2 aromatic rings. The fraction of sp³-hybridized carbons (Fsp3) is 0.407. The molecule has 15 nitrogen and oxygen atoms in total. The Morgan fingerprint density at radius 3 is 1.98 bits per heavy atom. The molecule has 2 aliphatic heterocycles. The summed E-state index contributed by atoms with van der Waals surface area (Å²) in [5, 5.41) is 24.9. The van der Waals surface area contributed by atoms with E-state index in [9.17, 15) is 34.6 Å². The number of carbonyl (C=O) groups is 3. The number of carbonyl (C=O) groups excluding carboxylic acids is 3. The van der Waals surface area contributed by atoms with Gasteiger partial charge in [-0.25, -0.2) is 4.79 Å². The number of ether oxygens (including phenoxy) is 2. The van der Waals surface area contributed by atoms with Crippen molar-refractivity contribution < 1.29 is 33.7 Å². The van der Waals surface area contributed by atoms with Crippen molar-refractivity contribution in [1.29, 1.82) is 0 Å². The number of nitro benzene ring substituents is 2. The van der Waals surface area contributed by atoms with Crippen molar-refractivity contribution in [3.05, 3.63) is 79.9 Å². The fourth-order valence-corrected chi connectivity index (χ4v) is 5.17. The number of hydrogen-bond donors (Lipinski definition) is 2. The van der Waals surface area contributed by atoms with Crippen LogP contribution in [0.25, 0.3) is 0 Å². The number of benzene rings is 2. The molecule has 1 N–H and O–H groups in total. The van der Waals surface area contributed by atoms with E-state index in [-0.39, 0.29) is 49.3 Å². The van der Waals surface area contributed by atoms with Crippen LogP contribution in [0.2, 0.25) is 0 Å². The Hall–Kier alpha value is -4.57. The summed E-state index contributed by atoms with van der Waals surface area (Å²) in [5.41, 5.74) is 0.861. The molecule has 0 spiro atoms. The summed E-state index contributed by atoms with van der Waals surface area (Å²) in [7, 11) is 0. The number of likely N-dealkylation sites (tertiary alicyclic amines) is 1. The Morgan fingerprint density at radius 1 is 0.953 bits per heavy atom. The van der Waals surface area contributed by atoms with Crippen molar-refractivity contribution in [2.24, 2.45) is 4.99 Å². The lowest BCUT2D eigenvalue weighted by Gasteiger charge is -2.33. The Bertz CT molecular complexity index is 1410. The zero-order valence-corrected chi connectivity index (χ0v) is 24.1. The lowest BCUT2D eigenvalue weighted by molar-refractivity contribution is -0.385. The molecule has 0 aromatic heterocycles. The molecule has 0 saturated carbocycles. The molecule has 4 rings (SSSR count). The van der Waals surface area contributed by atoms with Crippen LogP contribution >= 0.6 is 12.6 Å². The monoisotopic (exact) mass is 614 g/mol. The maximum absolute atomic E-state index is 13.6. The van der Waals surface area contributed by atoms with Crippen molar-refractivity contribution in [2.45, 2.75) is 37.3 Å². The second kappa shape index (κ2) is 13.6. The predicted octanol–water partition coefficient (Wildman–Crippen LogP) is 2.48. The molecule has 2 heterocycles. The number of nitrogens with one attached hydrogen (secondary N) is 1. The van der Waals surface area contributed by atoms with Gasteiger partial charge in [-0.05, 0) is 42.3 Å². The molecule has 228 valence electrons. The van der Waals surface area contributed by atoms with E-state index < -0.39 is 32.7 Å². The number of thiol groups is 1. The van der Waals surface area contributed by atoms with Gasteiger partial charge in [-0.3, -0.25) is 29.8 Å². The Balaban J connectivity index is 1.46. The van der Waals surface area contributed by atoms with Gasteiger partial charge in [0, 0.05) is 63.4 Å². The summed E-state index contributed by atoms with van der Waals surface area (Å²) >= 11 is 4.63. The smallest absolute Gasteiger partial charge is 0.435 e. The van der Waals surface area contributed by atoms with E-state index in [1.807, 2.05) is 0 Å². The predicted molar refractivity (Wildman–Crippen MR) is 156 cm³/mol. The van der Waals surface area contributed by atoms with Gasteiger partial charge in [-0.1, -0.05) is 0 Å². The second-order valence-electron chi connectivity index (χ2n) is 10.1. The molecule has 2 aliphatic rings. The number of piperazine rings is 1. The van der Waals surface area contributed by atoms with Crippen molar-refractivity contribution in [3.8, 4) is 0 Å². The summed E-state index contributed by atoms with van der Waals surface area (Å²) < 4.78 is 9.27. The highest BCUT2D eigenvalue weighted by Crippen LogP contribution is 2.35. The molecule has 0 radical (unpaired) electrons. The van der Waals surface area contributed by atoms with Crippen LogP contribution in [0.15, 0.2) is 53.5 Å². The number of aliphatic imine (C=N–C) groups is 1. The number of amidine groups is 1. The molecule has 2 saturated heterocycles. The topological polar surface area (TPSA) is 187 Å². The molecule has 2 atom stereocenters. The van der Waals surface area contributed by atoms with Gasteiger partial charge in [0.05, 0.1) is 9.85 Å². The van der Waals surface area contributed by atoms with Gasteiger partial charge in [0.15, 0.2) is 0 Å². The van der Waals surface area contributed by atoms with Crippen molar-refractivity contribution >= 4 is 47.8 Å². The summed E-state index contributed by atoms with van der Waals surface area (Å²) in [6, 6.07) is 10.2. The number of hydrogen-bond acceptors (Lipinski definition) is 11. The molecule has 2 aromatic carbocycles. The zero-order valence-electron chi connectivity index (χ0n) is 23.2. The highest BCUT2D eigenvalue weighted by molar-refractivity contribution is 7.82. The quantitative estimate of drug-likeness (QED) is 0.111. The third kappa shape index (κ3) is 7.84. The van der Waals surface area contributed by atoms with Crippen LogP contribution in [0.4, 0.5) is 16.2 Å². The third-order valence-electron chi connectivity index (χ3n) is 7.13. The minimum Gasteiger partial charge on any atom is -0.460 e. The van der Waals surface area contributed by atoms with Gasteiger partial charge in [-0.15, -0.1) is 0 Å². The number of amides is 2. The average molecular weight is 615 g/mol. The molecule has 0 aliphatic carbocycles. The normalized spacial score (nSPS) is 20.4. The zero-order chi connectivity index (χ0) is 31.1. The van der Waals surface area contributed by atoms with E-state index >= 15 is 0 Å². The average Bonchev–Trinajstić information content (AvgIpc) is 3.38.